The first-order chi connectivity index (χ1) is 7.39. The molecule has 0 saturated carbocycles. The Labute approximate surface area is 98.2 Å². The fourth-order valence-electron chi connectivity index (χ4n) is 1.86. The van der Waals surface area contributed by atoms with Crippen molar-refractivity contribution >= 4 is 31.3 Å². The Morgan fingerprint density at radius 2 is 2.12 bits per heavy atom. The Hall–Kier alpha value is -1.07. The van der Waals surface area contributed by atoms with Gasteiger partial charge < -0.3 is 4.90 Å². The molecule has 0 saturated heterocycles. The van der Waals surface area contributed by atoms with Crippen LogP contribution in [0.4, 0.5) is 5.69 Å². The lowest BCUT2D eigenvalue weighted by Gasteiger charge is -2.14. The number of carbonyl (C=O) groups excluding carboxylic acids is 1. The van der Waals surface area contributed by atoms with Gasteiger partial charge in [-0.1, -0.05) is 0 Å². The lowest BCUT2D eigenvalue weighted by Crippen LogP contribution is -2.25. The zero-order chi connectivity index (χ0) is 11.9. The van der Waals surface area contributed by atoms with Crippen molar-refractivity contribution in [3.8, 4) is 0 Å². The maximum atomic E-state index is 11.3. The number of nitrogens with zero attached hydrogens (tertiary/aromatic N) is 1. The summed E-state index contributed by atoms with van der Waals surface area (Å²) in [5, 5.41) is 0. The lowest BCUT2D eigenvalue weighted by molar-refractivity contribution is -0.116. The molecular formula is C10H10ClNO3S. The van der Waals surface area contributed by atoms with Gasteiger partial charge in [0, 0.05) is 29.8 Å². The summed E-state index contributed by atoms with van der Waals surface area (Å²) in [5.74, 6) is -0.0415. The van der Waals surface area contributed by atoms with Crippen LogP contribution in [0.5, 0.6) is 0 Å². The van der Waals surface area contributed by atoms with Crippen molar-refractivity contribution in [3.05, 3.63) is 23.8 Å². The maximum absolute atomic E-state index is 11.3. The smallest absolute Gasteiger partial charge is 0.261 e. The van der Waals surface area contributed by atoms with E-state index in [4.69, 9.17) is 10.7 Å². The number of halogens is 1. The molecule has 0 spiro atoms. The minimum Gasteiger partial charge on any atom is -0.312 e. The summed E-state index contributed by atoms with van der Waals surface area (Å²) in [6.45, 7) is 2.08. The van der Waals surface area contributed by atoms with Crippen LogP contribution in [0, 0.1) is 0 Å². The second-order valence-electron chi connectivity index (χ2n) is 3.65. The van der Waals surface area contributed by atoms with Gasteiger partial charge in [0.25, 0.3) is 9.05 Å². The molecule has 1 aliphatic heterocycles. The molecule has 2 rings (SSSR count). The Balaban J connectivity index is 2.48. The van der Waals surface area contributed by atoms with Crippen LogP contribution in [0.1, 0.15) is 12.5 Å². The number of hydrogen-bond acceptors (Lipinski definition) is 3. The molecule has 0 aliphatic carbocycles. The van der Waals surface area contributed by atoms with E-state index in [9.17, 15) is 13.2 Å². The molecule has 1 aliphatic rings. The molecule has 0 atom stereocenters. The van der Waals surface area contributed by atoms with Crippen LogP contribution in [-0.4, -0.2) is 20.9 Å². The molecule has 1 heterocycles. The first kappa shape index (κ1) is 11.4. The third-order valence-electron chi connectivity index (χ3n) is 2.61. The van der Waals surface area contributed by atoms with Crippen LogP contribution >= 0.6 is 10.7 Å². The number of carbonyl (C=O) groups is 1. The molecule has 0 N–H and O–H groups in total. The molecule has 0 aromatic heterocycles. The minimum absolute atomic E-state index is 0.0415. The van der Waals surface area contributed by atoms with Gasteiger partial charge in [-0.25, -0.2) is 8.42 Å². The molecular weight excluding hydrogens is 250 g/mol. The standard InChI is InChI=1S/C10H10ClNO3S/c1-7(13)12-5-4-8-6-9(16(11,14)15)2-3-10(8)12/h2-3,6H,4-5H2,1H3. The summed E-state index contributed by atoms with van der Waals surface area (Å²) in [4.78, 5) is 13.0. The van der Waals surface area contributed by atoms with Gasteiger partial charge in [0.2, 0.25) is 5.91 Å². The van der Waals surface area contributed by atoms with Gasteiger partial charge in [-0.2, -0.15) is 0 Å². The summed E-state index contributed by atoms with van der Waals surface area (Å²) in [6, 6.07) is 4.57. The first-order valence-electron chi connectivity index (χ1n) is 4.75. The van der Waals surface area contributed by atoms with Crippen LogP contribution in [0.3, 0.4) is 0 Å². The zero-order valence-electron chi connectivity index (χ0n) is 8.60. The predicted octanol–water partition coefficient (Wildman–Crippen LogP) is 1.52. The summed E-state index contributed by atoms with van der Waals surface area (Å²) >= 11 is 0. The van der Waals surface area contributed by atoms with Crippen LogP contribution in [-0.2, 0) is 20.3 Å². The van der Waals surface area contributed by atoms with Crippen molar-refractivity contribution in [1.82, 2.24) is 0 Å². The zero-order valence-corrected chi connectivity index (χ0v) is 10.2. The Bertz CT molecular complexity index is 553. The highest BCUT2D eigenvalue weighted by Gasteiger charge is 2.23. The summed E-state index contributed by atoms with van der Waals surface area (Å²) in [5.41, 5.74) is 1.62. The van der Waals surface area contributed by atoms with Crippen LogP contribution in [0.2, 0.25) is 0 Å². The van der Waals surface area contributed by atoms with Crippen molar-refractivity contribution in [3.63, 3.8) is 0 Å². The summed E-state index contributed by atoms with van der Waals surface area (Å²) < 4.78 is 22.3. The van der Waals surface area contributed by atoms with Gasteiger partial charge in [-0.05, 0) is 30.2 Å². The normalized spacial score (nSPS) is 15.0. The van der Waals surface area contributed by atoms with E-state index in [2.05, 4.69) is 0 Å². The van der Waals surface area contributed by atoms with Gasteiger partial charge in [0.1, 0.15) is 0 Å². The Morgan fingerprint density at radius 1 is 1.44 bits per heavy atom. The van der Waals surface area contributed by atoms with Gasteiger partial charge in [-0.3, -0.25) is 4.79 Å². The SMILES string of the molecule is CC(=O)N1CCc2cc(S(=O)(=O)Cl)ccc21. The predicted molar refractivity (Wildman–Crippen MR) is 61.2 cm³/mol. The van der Waals surface area contributed by atoms with Crippen LogP contribution in [0.25, 0.3) is 0 Å². The minimum atomic E-state index is -3.69. The highest BCUT2D eigenvalue weighted by atomic mass is 35.7. The van der Waals surface area contributed by atoms with Crippen LogP contribution < -0.4 is 4.90 Å². The average molecular weight is 260 g/mol. The molecule has 0 fully saturated rings. The van der Waals surface area contributed by atoms with E-state index in [0.717, 1.165) is 11.3 Å². The quantitative estimate of drug-likeness (QED) is 0.719. The molecule has 1 aromatic rings. The second-order valence-corrected chi connectivity index (χ2v) is 6.21. The monoisotopic (exact) mass is 259 g/mol. The van der Waals surface area contributed by atoms with Crippen molar-refractivity contribution in [2.75, 3.05) is 11.4 Å². The van der Waals surface area contributed by atoms with Crippen molar-refractivity contribution < 1.29 is 13.2 Å². The van der Waals surface area contributed by atoms with E-state index >= 15 is 0 Å². The first-order valence-corrected chi connectivity index (χ1v) is 7.06. The number of amides is 1. The molecule has 4 nitrogen and oxygen atoms in total. The van der Waals surface area contributed by atoms with Gasteiger partial charge in [0.05, 0.1) is 4.90 Å². The highest BCUT2D eigenvalue weighted by molar-refractivity contribution is 8.13. The topological polar surface area (TPSA) is 54.5 Å². The Kier molecular flexibility index (Phi) is 2.67. The number of anilines is 1. The number of benzene rings is 1. The third-order valence-corrected chi connectivity index (χ3v) is 3.96. The number of rotatable bonds is 1. The largest absolute Gasteiger partial charge is 0.312 e. The Morgan fingerprint density at radius 3 is 2.69 bits per heavy atom. The van der Waals surface area contributed by atoms with Crippen molar-refractivity contribution in [2.45, 2.75) is 18.2 Å². The van der Waals surface area contributed by atoms with E-state index in [1.165, 1.54) is 19.1 Å². The second kappa shape index (κ2) is 3.75. The van der Waals surface area contributed by atoms with Crippen molar-refractivity contribution in [1.29, 1.82) is 0 Å². The lowest BCUT2D eigenvalue weighted by atomic mass is 10.2. The van der Waals surface area contributed by atoms with Crippen molar-refractivity contribution in [2.24, 2.45) is 0 Å². The number of hydrogen-bond donors (Lipinski definition) is 0. The van der Waals surface area contributed by atoms with Gasteiger partial charge in [0.15, 0.2) is 0 Å². The average Bonchev–Trinajstić information content (AvgIpc) is 2.58. The van der Waals surface area contributed by atoms with Gasteiger partial charge in [-0.15, -0.1) is 0 Å². The van der Waals surface area contributed by atoms with E-state index in [1.54, 1.807) is 11.0 Å². The highest BCUT2D eigenvalue weighted by Crippen LogP contribution is 2.30. The molecule has 0 unspecified atom stereocenters. The molecule has 1 amide bonds. The molecule has 1 aromatic carbocycles. The molecule has 16 heavy (non-hydrogen) atoms. The third kappa shape index (κ3) is 1.92. The fourth-order valence-corrected chi connectivity index (χ4v) is 2.66. The van der Waals surface area contributed by atoms with E-state index in [-0.39, 0.29) is 10.8 Å². The molecule has 86 valence electrons. The van der Waals surface area contributed by atoms with Crippen LogP contribution in [0.15, 0.2) is 23.1 Å². The summed E-state index contributed by atoms with van der Waals surface area (Å²) in [6.07, 6.45) is 0.662. The molecule has 0 bridgehead atoms. The maximum Gasteiger partial charge on any atom is 0.261 e. The molecule has 6 heteroatoms. The van der Waals surface area contributed by atoms with E-state index in [1.807, 2.05) is 0 Å². The summed E-state index contributed by atoms with van der Waals surface area (Å²) in [7, 11) is 1.56. The fraction of sp³-hybridized carbons (Fsp3) is 0.300. The number of fused-ring (bicyclic) bond motifs is 1. The van der Waals surface area contributed by atoms with E-state index in [0.29, 0.717) is 13.0 Å². The van der Waals surface area contributed by atoms with E-state index < -0.39 is 9.05 Å². The molecule has 0 radical (unpaired) electrons. The van der Waals surface area contributed by atoms with Gasteiger partial charge >= 0.3 is 0 Å².